The molecule has 0 saturated carbocycles. The van der Waals surface area contributed by atoms with Gasteiger partial charge in [0.2, 0.25) is 5.91 Å². The smallest absolute Gasteiger partial charge is 0.275 e. The molecule has 0 unspecified atom stereocenters. The Kier molecular flexibility index (Phi) is 4.04. The van der Waals surface area contributed by atoms with Gasteiger partial charge in [0.15, 0.2) is 5.69 Å². The van der Waals surface area contributed by atoms with Crippen LogP contribution in [-0.2, 0) is 17.8 Å². The fraction of sp³-hybridized carbons (Fsp3) is 0.316. The lowest BCUT2D eigenvalue weighted by atomic mass is 10.0. The lowest BCUT2D eigenvalue weighted by Crippen LogP contribution is -2.50. The number of hydrogen-bond donors (Lipinski definition) is 2. The molecule has 0 aliphatic carbocycles. The monoisotopic (exact) mass is 393 g/mol. The van der Waals surface area contributed by atoms with Gasteiger partial charge in [0, 0.05) is 43.8 Å². The minimum absolute atomic E-state index is 0.0435. The van der Waals surface area contributed by atoms with Crippen LogP contribution in [-0.4, -0.2) is 73.3 Å². The van der Waals surface area contributed by atoms with E-state index < -0.39 is 0 Å². The summed E-state index contributed by atoms with van der Waals surface area (Å²) in [6, 6.07) is 3.58. The van der Waals surface area contributed by atoms with E-state index in [0.717, 1.165) is 16.9 Å². The first-order valence-corrected chi connectivity index (χ1v) is 9.44. The molecule has 0 radical (unpaired) electrons. The Bertz CT molecular complexity index is 1130. The van der Waals surface area contributed by atoms with Gasteiger partial charge in [0.1, 0.15) is 5.65 Å². The van der Waals surface area contributed by atoms with Crippen molar-refractivity contribution in [2.75, 3.05) is 26.2 Å². The number of H-pyrrole nitrogens is 1. The molecular formula is C19H19N7O3. The SMILES string of the molecule is O=C1CN(C(=O)c2n[nH]c3c2CCN(C(=O)c2ccc4nccn4c2)C3)CCN1. The van der Waals surface area contributed by atoms with Gasteiger partial charge < -0.3 is 19.5 Å². The summed E-state index contributed by atoms with van der Waals surface area (Å²) in [4.78, 5) is 44.7. The number of rotatable bonds is 2. The molecule has 1 saturated heterocycles. The number of imidazole rings is 1. The molecule has 148 valence electrons. The van der Waals surface area contributed by atoms with Gasteiger partial charge in [-0.25, -0.2) is 4.98 Å². The molecule has 0 aromatic carbocycles. The second-order valence-corrected chi connectivity index (χ2v) is 7.19. The Morgan fingerprint density at radius 2 is 1.93 bits per heavy atom. The summed E-state index contributed by atoms with van der Waals surface area (Å²) < 4.78 is 1.81. The van der Waals surface area contributed by atoms with Crippen LogP contribution < -0.4 is 5.32 Å². The van der Waals surface area contributed by atoms with Gasteiger partial charge in [-0.1, -0.05) is 0 Å². The van der Waals surface area contributed by atoms with E-state index in [1.165, 1.54) is 4.90 Å². The first kappa shape index (κ1) is 17.4. The lowest BCUT2D eigenvalue weighted by Gasteiger charge is -2.28. The van der Waals surface area contributed by atoms with E-state index in [1.807, 2.05) is 10.5 Å². The van der Waals surface area contributed by atoms with Crippen LogP contribution in [0.5, 0.6) is 0 Å². The number of aromatic nitrogens is 4. The number of carbonyl (C=O) groups excluding carboxylic acids is 3. The standard InChI is InChI=1S/C19H19N7O3/c27-16-11-26(8-5-21-16)19(29)17-13-3-6-25(10-14(13)22-23-17)18(28)12-1-2-15-20-4-7-24(15)9-12/h1-2,4,7,9H,3,5-6,8,10-11H2,(H,21,27)(H,22,23). The van der Waals surface area contributed by atoms with E-state index in [-0.39, 0.29) is 24.3 Å². The zero-order valence-electron chi connectivity index (χ0n) is 15.6. The molecule has 2 aliphatic heterocycles. The number of aromatic amines is 1. The van der Waals surface area contributed by atoms with Crippen molar-refractivity contribution < 1.29 is 14.4 Å². The summed E-state index contributed by atoms with van der Waals surface area (Å²) in [5.41, 5.74) is 3.30. The summed E-state index contributed by atoms with van der Waals surface area (Å²) >= 11 is 0. The Morgan fingerprint density at radius 1 is 1.07 bits per heavy atom. The summed E-state index contributed by atoms with van der Waals surface area (Å²) in [5, 5.41) is 9.82. The highest BCUT2D eigenvalue weighted by molar-refractivity contribution is 5.97. The quantitative estimate of drug-likeness (QED) is 0.627. The highest BCUT2D eigenvalue weighted by Crippen LogP contribution is 2.23. The van der Waals surface area contributed by atoms with E-state index in [2.05, 4.69) is 20.5 Å². The maximum absolute atomic E-state index is 12.9. The van der Waals surface area contributed by atoms with Crippen LogP contribution in [0.4, 0.5) is 0 Å². The van der Waals surface area contributed by atoms with E-state index in [0.29, 0.717) is 43.9 Å². The Labute approximate surface area is 165 Å². The van der Waals surface area contributed by atoms with Gasteiger partial charge in [-0.2, -0.15) is 5.10 Å². The molecular weight excluding hydrogens is 374 g/mol. The van der Waals surface area contributed by atoms with Gasteiger partial charge in [-0.3, -0.25) is 19.5 Å². The second-order valence-electron chi connectivity index (χ2n) is 7.19. The average Bonchev–Trinajstić information content (AvgIpc) is 3.38. The number of nitrogens with zero attached hydrogens (tertiary/aromatic N) is 5. The number of amides is 3. The van der Waals surface area contributed by atoms with E-state index >= 15 is 0 Å². The van der Waals surface area contributed by atoms with E-state index in [9.17, 15) is 14.4 Å². The Hall–Kier alpha value is -3.69. The van der Waals surface area contributed by atoms with Crippen molar-refractivity contribution in [2.24, 2.45) is 0 Å². The van der Waals surface area contributed by atoms with Crippen LogP contribution in [0.15, 0.2) is 30.7 Å². The fourth-order valence-electron chi connectivity index (χ4n) is 3.86. The molecule has 2 N–H and O–H groups in total. The molecule has 1 fully saturated rings. The largest absolute Gasteiger partial charge is 0.353 e. The Morgan fingerprint density at radius 3 is 2.79 bits per heavy atom. The van der Waals surface area contributed by atoms with Crippen molar-refractivity contribution in [3.05, 3.63) is 53.2 Å². The topological polar surface area (TPSA) is 116 Å². The van der Waals surface area contributed by atoms with Crippen LogP contribution in [0.2, 0.25) is 0 Å². The molecule has 0 atom stereocenters. The number of piperazine rings is 1. The maximum atomic E-state index is 12.9. The summed E-state index contributed by atoms with van der Waals surface area (Å²) in [6.07, 6.45) is 5.79. The lowest BCUT2D eigenvalue weighted by molar-refractivity contribution is -0.123. The van der Waals surface area contributed by atoms with Crippen molar-refractivity contribution in [1.82, 2.24) is 34.7 Å². The third kappa shape index (κ3) is 3.02. The summed E-state index contributed by atoms with van der Waals surface area (Å²) in [7, 11) is 0. The van der Waals surface area contributed by atoms with Gasteiger partial charge in [-0.15, -0.1) is 0 Å². The van der Waals surface area contributed by atoms with Crippen molar-refractivity contribution in [3.8, 4) is 0 Å². The van der Waals surface area contributed by atoms with Crippen molar-refractivity contribution in [2.45, 2.75) is 13.0 Å². The van der Waals surface area contributed by atoms with Gasteiger partial charge >= 0.3 is 0 Å². The van der Waals surface area contributed by atoms with Gasteiger partial charge in [-0.05, 0) is 18.6 Å². The summed E-state index contributed by atoms with van der Waals surface area (Å²) in [6.45, 7) is 1.81. The third-order valence-electron chi connectivity index (χ3n) is 5.38. The third-order valence-corrected chi connectivity index (χ3v) is 5.38. The van der Waals surface area contributed by atoms with E-state index in [1.54, 1.807) is 29.6 Å². The van der Waals surface area contributed by atoms with E-state index in [4.69, 9.17) is 0 Å². The number of nitrogens with one attached hydrogen (secondary N) is 2. The maximum Gasteiger partial charge on any atom is 0.275 e. The van der Waals surface area contributed by atoms with Crippen LogP contribution in [0, 0.1) is 0 Å². The molecule has 3 aromatic heterocycles. The molecule has 10 heteroatoms. The summed E-state index contributed by atoms with van der Waals surface area (Å²) in [5.74, 6) is -0.496. The molecule has 29 heavy (non-hydrogen) atoms. The predicted octanol–water partition coefficient (Wildman–Crippen LogP) is -0.172. The number of fused-ring (bicyclic) bond motifs is 2. The molecule has 10 nitrogen and oxygen atoms in total. The highest BCUT2D eigenvalue weighted by Gasteiger charge is 2.31. The molecule has 0 bridgehead atoms. The first-order valence-electron chi connectivity index (χ1n) is 9.44. The molecule has 5 heterocycles. The number of carbonyl (C=O) groups is 3. The fourth-order valence-corrected chi connectivity index (χ4v) is 3.86. The Balaban J connectivity index is 1.34. The molecule has 3 amide bonds. The second kappa shape index (κ2) is 6.73. The number of hydrogen-bond acceptors (Lipinski definition) is 5. The normalized spacial score (nSPS) is 16.6. The average molecular weight is 393 g/mol. The highest BCUT2D eigenvalue weighted by atomic mass is 16.2. The van der Waals surface area contributed by atoms with Crippen LogP contribution in [0.1, 0.15) is 32.1 Å². The first-order chi connectivity index (χ1) is 14.1. The van der Waals surface area contributed by atoms with Crippen molar-refractivity contribution >= 4 is 23.4 Å². The molecule has 3 aromatic rings. The van der Waals surface area contributed by atoms with Gasteiger partial charge in [0.25, 0.3) is 11.8 Å². The number of pyridine rings is 1. The van der Waals surface area contributed by atoms with Crippen LogP contribution >= 0.6 is 0 Å². The molecule has 0 spiro atoms. The van der Waals surface area contributed by atoms with Crippen LogP contribution in [0.3, 0.4) is 0 Å². The minimum Gasteiger partial charge on any atom is -0.353 e. The zero-order valence-corrected chi connectivity index (χ0v) is 15.6. The molecule has 5 rings (SSSR count). The van der Waals surface area contributed by atoms with Gasteiger partial charge in [0.05, 0.1) is 24.3 Å². The van der Waals surface area contributed by atoms with Crippen molar-refractivity contribution in [1.29, 1.82) is 0 Å². The minimum atomic E-state index is -0.248. The van der Waals surface area contributed by atoms with Crippen LogP contribution in [0.25, 0.3) is 5.65 Å². The zero-order chi connectivity index (χ0) is 20.0. The predicted molar refractivity (Wildman–Crippen MR) is 101 cm³/mol. The van der Waals surface area contributed by atoms with Crippen molar-refractivity contribution in [3.63, 3.8) is 0 Å². The molecule has 2 aliphatic rings.